The summed E-state index contributed by atoms with van der Waals surface area (Å²) in [6.07, 6.45) is -3.44. The molecule has 0 bridgehead atoms. The van der Waals surface area contributed by atoms with Crippen molar-refractivity contribution in [1.82, 2.24) is 15.5 Å². The largest absolute Gasteiger partial charge is 0.416 e. The first kappa shape index (κ1) is 19.7. The van der Waals surface area contributed by atoms with Crippen molar-refractivity contribution in [2.45, 2.75) is 25.2 Å². The van der Waals surface area contributed by atoms with Crippen molar-refractivity contribution in [3.63, 3.8) is 0 Å². The zero-order chi connectivity index (χ0) is 16.2. The van der Waals surface area contributed by atoms with Crippen molar-refractivity contribution in [3.8, 4) is 0 Å². The second kappa shape index (κ2) is 8.52. The van der Waals surface area contributed by atoms with Crippen LogP contribution in [0.4, 0.5) is 13.2 Å². The van der Waals surface area contributed by atoms with Crippen LogP contribution in [0.5, 0.6) is 0 Å². The number of amides is 1. The summed E-state index contributed by atoms with van der Waals surface area (Å²) in [6.45, 7) is 2.42. The predicted octanol–water partition coefficient (Wildman–Crippen LogP) is 2.04. The molecule has 0 radical (unpaired) electrons. The molecule has 1 aromatic carbocycles. The molecule has 1 aliphatic heterocycles. The van der Waals surface area contributed by atoms with Crippen LogP contribution in [-0.4, -0.2) is 43.5 Å². The maximum atomic E-state index is 12.5. The lowest BCUT2D eigenvalue weighted by molar-refractivity contribution is -0.137. The van der Waals surface area contributed by atoms with Crippen molar-refractivity contribution in [3.05, 3.63) is 35.4 Å². The van der Waals surface area contributed by atoms with E-state index in [9.17, 15) is 18.0 Å². The highest BCUT2D eigenvalue weighted by Gasteiger charge is 2.30. The van der Waals surface area contributed by atoms with E-state index >= 15 is 0 Å². The van der Waals surface area contributed by atoms with Crippen LogP contribution < -0.4 is 10.6 Å². The first-order valence-corrected chi connectivity index (χ1v) is 7.21. The molecule has 2 rings (SSSR count). The Balaban J connectivity index is 0.00000264. The topological polar surface area (TPSA) is 44.4 Å². The van der Waals surface area contributed by atoms with E-state index in [4.69, 9.17) is 0 Å². The molecule has 0 aliphatic carbocycles. The Morgan fingerprint density at radius 3 is 2.52 bits per heavy atom. The van der Waals surface area contributed by atoms with Gasteiger partial charge in [-0.05, 0) is 31.2 Å². The SMILES string of the molecule is CNCC(=O)NC1CCN(Cc2ccc(C(F)(F)F)cc2)C1.Cl. The summed E-state index contributed by atoms with van der Waals surface area (Å²) in [6, 6.07) is 5.34. The van der Waals surface area contributed by atoms with E-state index in [1.165, 1.54) is 12.1 Å². The average Bonchev–Trinajstić information content (AvgIpc) is 2.85. The Bertz CT molecular complexity index is 508. The number of likely N-dealkylation sites (tertiary alicyclic amines) is 1. The van der Waals surface area contributed by atoms with Gasteiger partial charge in [-0.3, -0.25) is 9.69 Å². The Morgan fingerprint density at radius 1 is 1.30 bits per heavy atom. The minimum Gasteiger partial charge on any atom is -0.351 e. The van der Waals surface area contributed by atoms with Gasteiger partial charge in [0.05, 0.1) is 12.1 Å². The monoisotopic (exact) mass is 351 g/mol. The highest BCUT2D eigenvalue weighted by Crippen LogP contribution is 2.29. The van der Waals surface area contributed by atoms with Crippen LogP contribution in [0.25, 0.3) is 0 Å². The number of nitrogens with one attached hydrogen (secondary N) is 2. The number of rotatable bonds is 5. The standard InChI is InChI=1S/C15H20F3N3O.ClH/c1-19-8-14(22)20-13-6-7-21(10-13)9-11-2-4-12(5-3-11)15(16,17)18;/h2-5,13,19H,6-10H2,1H3,(H,20,22);1H. The molecule has 0 spiro atoms. The molecular weight excluding hydrogens is 331 g/mol. The summed E-state index contributed by atoms with van der Waals surface area (Å²) in [5, 5.41) is 5.73. The van der Waals surface area contributed by atoms with E-state index in [0.29, 0.717) is 6.54 Å². The Kier molecular flexibility index (Phi) is 7.31. The second-order valence-corrected chi connectivity index (χ2v) is 5.51. The van der Waals surface area contributed by atoms with Crippen LogP contribution in [0.15, 0.2) is 24.3 Å². The van der Waals surface area contributed by atoms with Crippen molar-refractivity contribution < 1.29 is 18.0 Å². The van der Waals surface area contributed by atoms with Crippen LogP contribution in [0, 0.1) is 0 Å². The van der Waals surface area contributed by atoms with Gasteiger partial charge in [-0.1, -0.05) is 12.1 Å². The minimum absolute atomic E-state index is 0. The molecule has 0 aromatic heterocycles. The van der Waals surface area contributed by atoms with Gasteiger partial charge in [0.1, 0.15) is 0 Å². The van der Waals surface area contributed by atoms with Crippen LogP contribution in [-0.2, 0) is 17.5 Å². The number of likely N-dealkylation sites (N-methyl/N-ethyl adjacent to an activating group) is 1. The molecular formula is C15H21ClF3N3O. The number of halogens is 4. The van der Waals surface area contributed by atoms with Gasteiger partial charge in [-0.2, -0.15) is 13.2 Å². The lowest BCUT2D eigenvalue weighted by Gasteiger charge is -2.17. The van der Waals surface area contributed by atoms with Gasteiger partial charge in [0.25, 0.3) is 0 Å². The lowest BCUT2D eigenvalue weighted by Crippen LogP contribution is -2.41. The molecule has 1 atom stereocenters. The molecule has 1 aliphatic rings. The molecule has 1 fully saturated rings. The summed E-state index contributed by atoms with van der Waals surface area (Å²) in [7, 11) is 1.71. The maximum absolute atomic E-state index is 12.5. The van der Waals surface area contributed by atoms with E-state index < -0.39 is 11.7 Å². The average molecular weight is 352 g/mol. The van der Waals surface area contributed by atoms with Gasteiger partial charge in [-0.25, -0.2) is 0 Å². The van der Waals surface area contributed by atoms with Crippen LogP contribution in [0.2, 0.25) is 0 Å². The molecule has 130 valence electrons. The van der Waals surface area contributed by atoms with Gasteiger partial charge in [0, 0.05) is 25.7 Å². The van der Waals surface area contributed by atoms with Crippen molar-refractivity contribution in [1.29, 1.82) is 0 Å². The Labute approximate surface area is 139 Å². The second-order valence-electron chi connectivity index (χ2n) is 5.51. The first-order valence-electron chi connectivity index (χ1n) is 7.21. The zero-order valence-corrected chi connectivity index (χ0v) is 13.6. The number of hydrogen-bond donors (Lipinski definition) is 2. The molecule has 4 nitrogen and oxygen atoms in total. The summed E-state index contributed by atoms with van der Waals surface area (Å²) < 4.78 is 37.5. The molecule has 1 amide bonds. The Hall–Kier alpha value is -1.31. The molecule has 1 heterocycles. The smallest absolute Gasteiger partial charge is 0.351 e. The van der Waals surface area contributed by atoms with Gasteiger partial charge in [-0.15, -0.1) is 12.4 Å². The first-order chi connectivity index (χ1) is 10.4. The van der Waals surface area contributed by atoms with Gasteiger partial charge in [0.15, 0.2) is 0 Å². The van der Waals surface area contributed by atoms with Crippen molar-refractivity contribution in [2.75, 3.05) is 26.7 Å². The fourth-order valence-corrected chi connectivity index (χ4v) is 2.59. The van der Waals surface area contributed by atoms with Crippen LogP contribution in [0.1, 0.15) is 17.5 Å². The van der Waals surface area contributed by atoms with Crippen LogP contribution >= 0.6 is 12.4 Å². The molecule has 23 heavy (non-hydrogen) atoms. The quantitative estimate of drug-likeness (QED) is 0.853. The molecule has 1 unspecified atom stereocenters. The number of benzene rings is 1. The third-order valence-electron chi connectivity index (χ3n) is 3.66. The fourth-order valence-electron chi connectivity index (χ4n) is 2.59. The molecule has 8 heteroatoms. The lowest BCUT2D eigenvalue weighted by atomic mass is 10.1. The summed E-state index contributed by atoms with van der Waals surface area (Å²) >= 11 is 0. The third kappa shape index (κ3) is 6.01. The summed E-state index contributed by atoms with van der Waals surface area (Å²) in [4.78, 5) is 13.6. The fraction of sp³-hybridized carbons (Fsp3) is 0.533. The summed E-state index contributed by atoms with van der Waals surface area (Å²) in [5.41, 5.74) is 0.213. The van der Waals surface area contributed by atoms with E-state index in [2.05, 4.69) is 15.5 Å². The highest BCUT2D eigenvalue weighted by molar-refractivity contribution is 5.85. The number of carbonyl (C=O) groups excluding carboxylic acids is 1. The van der Waals surface area contributed by atoms with Crippen LogP contribution in [0.3, 0.4) is 0 Å². The highest BCUT2D eigenvalue weighted by atomic mass is 35.5. The molecule has 2 N–H and O–H groups in total. The normalized spacial score (nSPS) is 18.5. The van der Waals surface area contributed by atoms with E-state index in [1.807, 2.05) is 0 Å². The van der Waals surface area contributed by atoms with E-state index in [-0.39, 0.29) is 30.9 Å². The number of alkyl halides is 3. The minimum atomic E-state index is -4.30. The van der Waals surface area contributed by atoms with Crippen molar-refractivity contribution >= 4 is 18.3 Å². The molecule has 1 saturated heterocycles. The van der Waals surface area contributed by atoms with Gasteiger partial charge < -0.3 is 10.6 Å². The van der Waals surface area contributed by atoms with E-state index in [0.717, 1.165) is 37.2 Å². The Morgan fingerprint density at radius 2 is 1.96 bits per heavy atom. The predicted molar refractivity (Wildman–Crippen MR) is 84.4 cm³/mol. The number of nitrogens with zero attached hydrogens (tertiary/aromatic N) is 1. The van der Waals surface area contributed by atoms with Gasteiger partial charge >= 0.3 is 6.18 Å². The molecule has 1 aromatic rings. The van der Waals surface area contributed by atoms with Crippen molar-refractivity contribution in [2.24, 2.45) is 0 Å². The number of hydrogen-bond acceptors (Lipinski definition) is 3. The zero-order valence-electron chi connectivity index (χ0n) is 12.8. The maximum Gasteiger partial charge on any atom is 0.416 e. The third-order valence-corrected chi connectivity index (χ3v) is 3.66. The van der Waals surface area contributed by atoms with Gasteiger partial charge in [0.2, 0.25) is 5.91 Å². The summed E-state index contributed by atoms with van der Waals surface area (Å²) in [5.74, 6) is -0.0381. The molecule has 0 saturated carbocycles. The van der Waals surface area contributed by atoms with E-state index in [1.54, 1.807) is 7.05 Å². The number of carbonyl (C=O) groups is 1.